The molecule has 0 spiro atoms. The molecule has 0 heterocycles. The van der Waals surface area contributed by atoms with Crippen molar-refractivity contribution >= 4 is 11.8 Å². The molecule has 2 aromatic rings. The van der Waals surface area contributed by atoms with Crippen molar-refractivity contribution in [3.05, 3.63) is 65.0 Å². The summed E-state index contributed by atoms with van der Waals surface area (Å²) in [6, 6.07) is 11.8. The fourth-order valence-corrected chi connectivity index (χ4v) is 2.23. The first kappa shape index (κ1) is 18.7. The van der Waals surface area contributed by atoms with E-state index in [4.69, 9.17) is 10.5 Å². The van der Waals surface area contributed by atoms with Crippen molar-refractivity contribution in [2.75, 3.05) is 12.3 Å². The summed E-state index contributed by atoms with van der Waals surface area (Å²) < 4.78 is 19.1. The molecule has 0 saturated carbocycles. The van der Waals surface area contributed by atoms with Crippen molar-refractivity contribution in [3.63, 3.8) is 0 Å². The minimum absolute atomic E-state index is 0.0805. The number of hydrogen-bond donors (Lipinski definition) is 4. The van der Waals surface area contributed by atoms with Gasteiger partial charge in [0.25, 0.3) is 0 Å². The zero-order chi connectivity index (χ0) is 18.4. The summed E-state index contributed by atoms with van der Waals surface area (Å²) in [5, 5.41) is 22.4. The van der Waals surface area contributed by atoms with Gasteiger partial charge in [-0.3, -0.25) is 0 Å². The van der Waals surface area contributed by atoms with Crippen LogP contribution in [0.1, 0.15) is 22.8 Å². The Morgan fingerprint density at radius 3 is 2.60 bits per heavy atom. The molecule has 0 saturated heterocycles. The van der Waals surface area contributed by atoms with Gasteiger partial charge in [0.05, 0.1) is 0 Å². The summed E-state index contributed by atoms with van der Waals surface area (Å²) in [5.74, 6) is -0.682. The molecule has 0 aromatic heterocycles. The normalized spacial score (nSPS) is 13.1. The van der Waals surface area contributed by atoms with Crippen molar-refractivity contribution in [2.45, 2.75) is 25.7 Å². The minimum Gasteiger partial charge on any atom is -0.445 e. The third-order valence-electron chi connectivity index (χ3n) is 3.81. The summed E-state index contributed by atoms with van der Waals surface area (Å²) in [6.07, 6.45) is -3.65. The molecule has 6 nitrogen and oxygen atoms in total. The molecule has 2 atom stereocenters. The van der Waals surface area contributed by atoms with Gasteiger partial charge in [0.2, 0.25) is 0 Å². The Labute approximate surface area is 145 Å². The number of halogens is 1. The van der Waals surface area contributed by atoms with Crippen LogP contribution in [0.4, 0.5) is 14.9 Å². The predicted octanol–water partition coefficient (Wildman–Crippen LogP) is 2.04. The van der Waals surface area contributed by atoms with E-state index in [0.717, 1.165) is 5.56 Å². The topological polar surface area (TPSA) is 105 Å². The Morgan fingerprint density at radius 1 is 1.24 bits per heavy atom. The molecule has 0 aliphatic carbocycles. The molecule has 2 rings (SSSR count). The first-order chi connectivity index (χ1) is 11.9. The van der Waals surface area contributed by atoms with Gasteiger partial charge in [-0.1, -0.05) is 36.4 Å². The number of nitrogen functional groups attached to an aromatic ring is 1. The number of nitrogens with one attached hydrogen (secondary N) is 1. The SMILES string of the molecule is Cc1c(N)ccc(C(O)C(O)CNC(=O)OCc2ccccc2)c1F. The lowest BCUT2D eigenvalue weighted by atomic mass is 10.0. The number of ether oxygens (including phenoxy) is 1. The molecule has 2 aromatic carbocycles. The lowest BCUT2D eigenvalue weighted by Crippen LogP contribution is -2.36. The van der Waals surface area contributed by atoms with E-state index in [9.17, 15) is 19.4 Å². The Hall–Kier alpha value is -2.64. The van der Waals surface area contributed by atoms with Gasteiger partial charge >= 0.3 is 6.09 Å². The molecule has 134 valence electrons. The average molecular weight is 348 g/mol. The van der Waals surface area contributed by atoms with Crippen molar-refractivity contribution in [1.29, 1.82) is 0 Å². The number of rotatable bonds is 6. The summed E-state index contributed by atoms with van der Waals surface area (Å²) >= 11 is 0. The van der Waals surface area contributed by atoms with E-state index < -0.39 is 24.1 Å². The number of nitrogens with two attached hydrogens (primary N) is 1. The zero-order valence-corrected chi connectivity index (χ0v) is 13.8. The Kier molecular flexibility index (Phi) is 6.32. The number of anilines is 1. The smallest absolute Gasteiger partial charge is 0.407 e. The summed E-state index contributed by atoms with van der Waals surface area (Å²) in [4.78, 5) is 11.6. The zero-order valence-electron chi connectivity index (χ0n) is 13.8. The van der Waals surface area contributed by atoms with E-state index >= 15 is 0 Å². The van der Waals surface area contributed by atoms with E-state index in [0.29, 0.717) is 0 Å². The van der Waals surface area contributed by atoms with Crippen LogP contribution in [0.3, 0.4) is 0 Å². The van der Waals surface area contributed by atoms with Gasteiger partial charge in [-0.05, 0) is 18.6 Å². The maximum atomic E-state index is 14.1. The molecular weight excluding hydrogens is 327 g/mol. The maximum Gasteiger partial charge on any atom is 0.407 e. The number of amides is 1. The fourth-order valence-electron chi connectivity index (χ4n) is 2.23. The van der Waals surface area contributed by atoms with Crippen LogP contribution in [0.2, 0.25) is 0 Å². The molecule has 0 fully saturated rings. The summed E-state index contributed by atoms with van der Waals surface area (Å²) in [5.41, 5.74) is 6.77. The first-order valence-corrected chi connectivity index (χ1v) is 7.75. The highest BCUT2D eigenvalue weighted by molar-refractivity contribution is 5.67. The third-order valence-corrected chi connectivity index (χ3v) is 3.81. The number of benzene rings is 2. The second-order valence-electron chi connectivity index (χ2n) is 5.64. The second kappa shape index (κ2) is 8.46. The van der Waals surface area contributed by atoms with Gasteiger partial charge in [0, 0.05) is 23.4 Å². The number of aliphatic hydroxyl groups excluding tert-OH is 2. The van der Waals surface area contributed by atoms with Crippen LogP contribution in [0, 0.1) is 12.7 Å². The van der Waals surface area contributed by atoms with E-state index in [1.165, 1.54) is 19.1 Å². The quantitative estimate of drug-likeness (QED) is 0.598. The Bertz CT molecular complexity index is 725. The number of carbonyl (C=O) groups is 1. The van der Waals surface area contributed by atoms with E-state index in [-0.39, 0.29) is 30.0 Å². The molecular formula is C18H21FN2O4. The van der Waals surface area contributed by atoms with E-state index in [2.05, 4.69) is 5.32 Å². The third kappa shape index (κ3) is 4.91. The van der Waals surface area contributed by atoms with Gasteiger partial charge in [0.15, 0.2) is 0 Å². The van der Waals surface area contributed by atoms with Crippen LogP contribution in [-0.2, 0) is 11.3 Å². The highest BCUT2D eigenvalue weighted by atomic mass is 19.1. The average Bonchev–Trinajstić information content (AvgIpc) is 2.63. The van der Waals surface area contributed by atoms with Crippen LogP contribution in [0.25, 0.3) is 0 Å². The van der Waals surface area contributed by atoms with Gasteiger partial charge in [-0.2, -0.15) is 0 Å². The molecule has 1 amide bonds. The number of hydrogen-bond acceptors (Lipinski definition) is 5. The lowest BCUT2D eigenvalue weighted by molar-refractivity contribution is 0.0163. The van der Waals surface area contributed by atoms with Gasteiger partial charge in [-0.15, -0.1) is 0 Å². The number of alkyl carbamates (subject to hydrolysis) is 1. The highest BCUT2D eigenvalue weighted by Crippen LogP contribution is 2.25. The van der Waals surface area contributed by atoms with Gasteiger partial charge in [-0.25, -0.2) is 9.18 Å². The summed E-state index contributed by atoms with van der Waals surface area (Å²) in [6.45, 7) is 1.27. The molecule has 0 bridgehead atoms. The monoisotopic (exact) mass is 348 g/mol. The predicted molar refractivity (Wildman–Crippen MR) is 91.1 cm³/mol. The first-order valence-electron chi connectivity index (χ1n) is 7.75. The van der Waals surface area contributed by atoms with E-state index in [1.807, 2.05) is 18.2 Å². The van der Waals surface area contributed by atoms with Crippen molar-refractivity contribution in [1.82, 2.24) is 5.32 Å². The van der Waals surface area contributed by atoms with Crippen LogP contribution in [-0.4, -0.2) is 29.0 Å². The Balaban J connectivity index is 1.86. The molecule has 2 unspecified atom stereocenters. The standard InChI is InChI=1S/C18H21FN2O4/c1-11-14(20)8-7-13(16(11)19)17(23)15(22)9-21-18(24)25-10-12-5-3-2-4-6-12/h2-8,15,17,22-23H,9-10,20H2,1H3,(H,21,24). The fraction of sp³-hybridized carbons (Fsp3) is 0.278. The van der Waals surface area contributed by atoms with E-state index in [1.54, 1.807) is 12.1 Å². The number of aliphatic hydroxyl groups is 2. The number of carbonyl (C=O) groups excluding carboxylic acids is 1. The molecule has 7 heteroatoms. The largest absolute Gasteiger partial charge is 0.445 e. The molecule has 0 aliphatic heterocycles. The van der Waals surface area contributed by atoms with Gasteiger partial charge < -0.3 is 26.0 Å². The van der Waals surface area contributed by atoms with Crippen molar-refractivity contribution in [2.24, 2.45) is 0 Å². The Morgan fingerprint density at radius 2 is 1.92 bits per heavy atom. The second-order valence-corrected chi connectivity index (χ2v) is 5.64. The van der Waals surface area contributed by atoms with Crippen LogP contribution in [0.5, 0.6) is 0 Å². The molecule has 0 aliphatic rings. The summed E-state index contributed by atoms with van der Waals surface area (Å²) in [7, 11) is 0. The molecule has 5 N–H and O–H groups in total. The lowest BCUT2D eigenvalue weighted by Gasteiger charge is -2.20. The van der Waals surface area contributed by atoms with Gasteiger partial charge in [0.1, 0.15) is 24.6 Å². The molecule has 0 radical (unpaired) electrons. The molecule has 25 heavy (non-hydrogen) atoms. The van der Waals surface area contributed by atoms with Crippen LogP contribution < -0.4 is 11.1 Å². The van der Waals surface area contributed by atoms with Crippen LogP contribution in [0.15, 0.2) is 42.5 Å². The van der Waals surface area contributed by atoms with Crippen molar-refractivity contribution in [3.8, 4) is 0 Å². The minimum atomic E-state index is -1.51. The van der Waals surface area contributed by atoms with Crippen molar-refractivity contribution < 1.29 is 24.1 Å². The highest BCUT2D eigenvalue weighted by Gasteiger charge is 2.23. The maximum absolute atomic E-state index is 14.1. The van der Waals surface area contributed by atoms with Crippen LogP contribution >= 0.6 is 0 Å².